The summed E-state index contributed by atoms with van der Waals surface area (Å²) in [5, 5.41) is 0. The maximum atomic E-state index is 11.1. The van der Waals surface area contributed by atoms with Gasteiger partial charge in [-0.1, -0.05) is 20.8 Å². The number of carbonyl (C=O) groups is 1. The molecule has 0 bridgehead atoms. The molecule has 0 aromatic carbocycles. The van der Waals surface area contributed by atoms with Gasteiger partial charge in [0.1, 0.15) is 11.5 Å². The highest BCUT2D eigenvalue weighted by Crippen LogP contribution is 2.23. The number of rotatable bonds is 2. The number of ether oxygens (including phenoxy) is 1. The Bertz CT molecular complexity index is 216. The lowest BCUT2D eigenvalue weighted by atomic mass is 9.87. The summed E-state index contributed by atoms with van der Waals surface area (Å²) in [6, 6.07) is 0. The second-order valence-corrected chi connectivity index (χ2v) is 3.45. The number of carbonyl (C=O) groups excluding carboxylic acids is 2. The van der Waals surface area contributed by atoms with Gasteiger partial charge in [0.15, 0.2) is 0 Å². The van der Waals surface area contributed by atoms with Gasteiger partial charge in [-0.3, -0.25) is 0 Å². The van der Waals surface area contributed by atoms with Crippen LogP contribution in [0, 0.1) is 5.41 Å². The minimum absolute atomic E-state index is 0.0596. The van der Waals surface area contributed by atoms with Gasteiger partial charge in [0, 0.05) is 5.41 Å². The molecule has 0 aromatic rings. The van der Waals surface area contributed by atoms with Crippen molar-refractivity contribution in [3.8, 4) is 0 Å². The first-order chi connectivity index (χ1) is 5.43. The van der Waals surface area contributed by atoms with Crippen LogP contribution in [0.15, 0.2) is 5.57 Å². The normalized spacial score (nSPS) is 10.3. The Labute approximate surface area is 72.4 Å². The molecule has 0 aromatic heterocycles. The van der Waals surface area contributed by atoms with Crippen molar-refractivity contribution in [3.63, 3.8) is 0 Å². The second-order valence-electron chi connectivity index (χ2n) is 3.45. The quantitative estimate of drug-likeness (QED) is 0.357. The first-order valence-corrected chi connectivity index (χ1v) is 3.86. The zero-order valence-electron chi connectivity index (χ0n) is 7.93. The van der Waals surface area contributed by atoms with Crippen LogP contribution in [0.3, 0.4) is 0 Å². The molecule has 0 amide bonds. The van der Waals surface area contributed by atoms with E-state index in [9.17, 15) is 9.59 Å². The molecule has 3 heteroatoms. The Balaban J connectivity index is 4.61. The van der Waals surface area contributed by atoms with Crippen LogP contribution in [0.5, 0.6) is 0 Å². The number of hydrogen-bond donors (Lipinski definition) is 0. The zero-order valence-corrected chi connectivity index (χ0v) is 7.93. The zero-order chi connectivity index (χ0) is 9.78. The number of esters is 1. The smallest absolute Gasteiger partial charge is 0.345 e. The molecule has 68 valence electrons. The summed E-state index contributed by atoms with van der Waals surface area (Å²) in [4.78, 5) is 21.5. The summed E-state index contributed by atoms with van der Waals surface area (Å²) in [6.07, 6.45) is 0. The van der Waals surface area contributed by atoms with Crippen LogP contribution in [-0.2, 0) is 14.3 Å². The fourth-order valence-electron chi connectivity index (χ4n) is 0.704. The Hall–Kier alpha value is -1.08. The molecule has 12 heavy (non-hydrogen) atoms. The Morgan fingerprint density at radius 1 is 1.42 bits per heavy atom. The monoisotopic (exact) mass is 170 g/mol. The van der Waals surface area contributed by atoms with Crippen LogP contribution in [-0.4, -0.2) is 18.5 Å². The molecular weight excluding hydrogens is 156 g/mol. The van der Waals surface area contributed by atoms with E-state index in [1.54, 1.807) is 33.6 Å². The minimum Gasteiger partial charge on any atom is -0.462 e. The third-order valence-electron chi connectivity index (χ3n) is 1.33. The molecule has 0 atom stereocenters. The van der Waals surface area contributed by atoms with Crippen LogP contribution in [0.25, 0.3) is 0 Å². The van der Waals surface area contributed by atoms with E-state index in [4.69, 9.17) is 0 Å². The summed E-state index contributed by atoms with van der Waals surface area (Å²) >= 11 is 0. The highest BCUT2D eigenvalue weighted by molar-refractivity contribution is 5.97. The molecule has 0 saturated heterocycles. The molecule has 0 N–H and O–H groups in total. The van der Waals surface area contributed by atoms with Gasteiger partial charge in [0.05, 0.1) is 6.61 Å². The fraction of sp³-hybridized carbons (Fsp3) is 0.667. The van der Waals surface area contributed by atoms with E-state index in [0.29, 0.717) is 0 Å². The lowest BCUT2D eigenvalue weighted by molar-refractivity contribution is -0.139. The van der Waals surface area contributed by atoms with E-state index in [1.165, 1.54) is 0 Å². The Kier molecular flexibility index (Phi) is 3.71. The molecule has 0 unspecified atom stereocenters. The maximum absolute atomic E-state index is 11.1. The molecule has 0 radical (unpaired) electrons. The average Bonchev–Trinajstić information content (AvgIpc) is 1.85. The number of hydrogen-bond acceptors (Lipinski definition) is 3. The van der Waals surface area contributed by atoms with E-state index in [0.717, 1.165) is 0 Å². The maximum Gasteiger partial charge on any atom is 0.345 e. The third kappa shape index (κ3) is 2.89. The van der Waals surface area contributed by atoms with Gasteiger partial charge in [0.25, 0.3) is 0 Å². The van der Waals surface area contributed by atoms with E-state index >= 15 is 0 Å². The molecule has 0 saturated carbocycles. The van der Waals surface area contributed by atoms with E-state index in [-0.39, 0.29) is 12.2 Å². The van der Waals surface area contributed by atoms with Crippen molar-refractivity contribution in [2.24, 2.45) is 5.41 Å². The highest BCUT2D eigenvalue weighted by Gasteiger charge is 2.26. The average molecular weight is 170 g/mol. The molecule has 0 aliphatic heterocycles. The summed E-state index contributed by atoms with van der Waals surface area (Å²) < 4.78 is 4.68. The molecule has 0 spiro atoms. The van der Waals surface area contributed by atoms with Crippen molar-refractivity contribution in [2.45, 2.75) is 27.7 Å². The van der Waals surface area contributed by atoms with Gasteiger partial charge in [-0.2, -0.15) is 0 Å². The first kappa shape index (κ1) is 10.9. The van der Waals surface area contributed by atoms with Gasteiger partial charge in [0.2, 0.25) is 0 Å². The molecule has 0 aliphatic carbocycles. The molecular formula is C9H14O3. The summed E-state index contributed by atoms with van der Waals surface area (Å²) in [7, 11) is 0. The molecule has 0 aliphatic rings. The van der Waals surface area contributed by atoms with Crippen molar-refractivity contribution in [2.75, 3.05) is 6.61 Å². The fourth-order valence-corrected chi connectivity index (χ4v) is 0.704. The van der Waals surface area contributed by atoms with Gasteiger partial charge in [-0.25, -0.2) is 9.59 Å². The SMILES string of the molecule is CCOC(=O)C(=C=O)C(C)(C)C. The van der Waals surface area contributed by atoms with E-state index in [2.05, 4.69) is 4.74 Å². The summed E-state index contributed by atoms with van der Waals surface area (Å²) in [5.41, 5.74) is -0.432. The van der Waals surface area contributed by atoms with Gasteiger partial charge in [-0.05, 0) is 6.92 Å². The van der Waals surface area contributed by atoms with Crippen LogP contribution < -0.4 is 0 Å². The van der Waals surface area contributed by atoms with Crippen LogP contribution in [0.4, 0.5) is 0 Å². The third-order valence-corrected chi connectivity index (χ3v) is 1.33. The summed E-state index contributed by atoms with van der Waals surface area (Å²) in [6.45, 7) is 7.28. The lowest BCUT2D eigenvalue weighted by Gasteiger charge is -2.17. The van der Waals surface area contributed by atoms with Gasteiger partial charge in [-0.15, -0.1) is 0 Å². The van der Waals surface area contributed by atoms with Crippen LogP contribution in [0.2, 0.25) is 0 Å². The standard InChI is InChI=1S/C9H14O3/c1-5-12-8(11)7(6-10)9(2,3)4/h5H2,1-4H3. The molecule has 0 heterocycles. The largest absolute Gasteiger partial charge is 0.462 e. The van der Waals surface area contributed by atoms with E-state index < -0.39 is 11.4 Å². The van der Waals surface area contributed by atoms with E-state index in [1.807, 2.05) is 0 Å². The van der Waals surface area contributed by atoms with Crippen molar-refractivity contribution in [3.05, 3.63) is 5.57 Å². The molecule has 3 nitrogen and oxygen atoms in total. The topological polar surface area (TPSA) is 43.4 Å². The van der Waals surface area contributed by atoms with Gasteiger partial charge >= 0.3 is 5.97 Å². The Morgan fingerprint density at radius 3 is 2.17 bits per heavy atom. The highest BCUT2D eigenvalue weighted by atomic mass is 16.5. The van der Waals surface area contributed by atoms with Crippen molar-refractivity contribution < 1.29 is 14.3 Å². The lowest BCUT2D eigenvalue weighted by Crippen LogP contribution is -2.20. The van der Waals surface area contributed by atoms with Crippen LogP contribution >= 0.6 is 0 Å². The first-order valence-electron chi connectivity index (χ1n) is 3.86. The second kappa shape index (κ2) is 4.07. The molecule has 0 fully saturated rings. The van der Waals surface area contributed by atoms with Crippen molar-refractivity contribution in [1.29, 1.82) is 0 Å². The Morgan fingerprint density at radius 2 is 1.92 bits per heavy atom. The molecule has 0 rings (SSSR count). The van der Waals surface area contributed by atoms with Crippen molar-refractivity contribution in [1.82, 2.24) is 0 Å². The minimum atomic E-state index is -0.569. The predicted molar refractivity (Wildman–Crippen MR) is 45.3 cm³/mol. The van der Waals surface area contributed by atoms with Gasteiger partial charge < -0.3 is 4.74 Å². The summed E-state index contributed by atoms with van der Waals surface area (Å²) in [5.74, 6) is 1.05. The van der Waals surface area contributed by atoms with Crippen molar-refractivity contribution >= 4 is 11.9 Å². The predicted octanol–water partition coefficient (Wildman–Crippen LogP) is 1.35. The van der Waals surface area contributed by atoms with Crippen LogP contribution in [0.1, 0.15) is 27.7 Å².